The fourth-order valence-corrected chi connectivity index (χ4v) is 3.49. The average Bonchev–Trinajstić information content (AvgIpc) is 2.85. The summed E-state index contributed by atoms with van der Waals surface area (Å²) in [6, 6.07) is 3.44. The molecule has 5 heteroatoms. The van der Waals surface area contributed by atoms with Gasteiger partial charge in [-0.1, -0.05) is 0 Å². The molecule has 0 saturated carbocycles. The van der Waals surface area contributed by atoms with Crippen LogP contribution in [0.1, 0.15) is 33.6 Å². The number of nitrogens with one attached hydrogen (secondary N) is 1. The van der Waals surface area contributed by atoms with Crippen molar-refractivity contribution in [1.29, 1.82) is 0 Å². The molecule has 0 fully saturated rings. The van der Waals surface area contributed by atoms with Gasteiger partial charge in [0.2, 0.25) is 0 Å². The molecule has 0 saturated heterocycles. The van der Waals surface area contributed by atoms with E-state index in [1.165, 1.54) is 23.3 Å². The van der Waals surface area contributed by atoms with Crippen molar-refractivity contribution >= 4 is 28.7 Å². The fourth-order valence-electron chi connectivity index (χ4n) is 2.36. The van der Waals surface area contributed by atoms with Crippen molar-refractivity contribution in [3.05, 3.63) is 39.7 Å². The third-order valence-corrected chi connectivity index (χ3v) is 4.44. The summed E-state index contributed by atoms with van der Waals surface area (Å²) in [5.74, 6) is 0.400. The average molecular weight is 273 g/mol. The molecular formula is C14H15N3OS. The highest BCUT2D eigenvalue weighted by atomic mass is 32.1. The number of aryl methyl sites for hydroxylation is 1. The maximum Gasteiger partial charge on any atom is 0.256 e. The molecular weight excluding hydrogens is 258 g/mol. The highest BCUT2D eigenvalue weighted by Crippen LogP contribution is 2.30. The summed E-state index contributed by atoms with van der Waals surface area (Å²) < 4.78 is 0. The number of carbonyl (C=O) groups excluding carboxylic acids is 1. The van der Waals surface area contributed by atoms with Crippen LogP contribution in [-0.4, -0.2) is 10.9 Å². The number of carbonyl (C=O) groups is 1. The molecule has 1 aliphatic rings. The zero-order valence-corrected chi connectivity index (χ0v) is 11.3. The number of rotatable bonds is 2. The second kappa shape index (κ2) is 5.01. The topological polar surface area (TPSA) is 68.0 Å². The minimum atomic E-state index is -0.0500. The molecule has 0 unspecified atom stereocenters. The minimum absolute atomic E-state index is 0.0500. The number of nitrogens with zero attached hydrogens (tertiary/aromatic N) is 1. The van der Waals surface area contributed by atoms with E-state index in [0.717, 1.165) is 18.4 Å². The summed E-state index contributed by atoms with van der Waals surface area (Å²) in [6.45, 7) is 0. The number of nitrogens with two attached hydrogens (primary N) is 1. The van der Waals surface area contributed by atoms with Crippen molar-refractivity contribution in [1.82, 2.24) is 4.98 Å². The van der Waals surface area contributed by atoms with Gasteiger partial charge in [-0.25, -0.2) is 4.98 Å². The predicted octanol–water partition coefficient (Wildman–Crippen LogP) is 2.86. The number of amides is 1. The fraction of sp³-hybridized carbons (Fsp3) is 0.286. The molecule has 0 radical (unpaired) electrons. The van der Waals surface area contributed by atoms with Crippen molar-refractivity contribution < 1.29 is 4.79 Å². The Morgan fingerprint density at radius 3 is 2.95 bits per heavy atom. The normalized spacial score (nSPS) is 13.9. The van der Waals surface area contributed by atoms with E-state index in [-0.39, 0.29) is 5.91 Å². The van der Waals surface area contributed by atoms with Crippen LogP contribution in [0, 0.1) is 0 Å². The number of anilines is 2. The third-order valence-electron chi connectivity index (χ3n) is 3.35. The van der Waals surface area contributed by atoms with Gasteiger partial charge in [0.15, 0.2) is 0 Å². The molecule has 3 rings (SSSR count). The van der Waals surface area contributed by atoms with Crippen LogP contribution in [0.25, 0.3) is 0 Å². The molecule has 1 aliphatic carbocycles. The number of hydrogen-bond donors (Lipinski definition) is 2. The van der Waals surface area contributed by atoms with Crippen LogP contribution in [-0.2, 0) is 12.8 Å². The van der Waals surface area contributed by atoms with E-state index in [4.69, 9.17) is 5.73 Å². The van der Waals surface area contributed by atoms with Gasteiger partial charge in [-0.3, -0.25) is 4.79 Å². The van der Waals surface area contributed by atoms with E-state index in [1.807, 2.05) is 5.38 Å². The predicted molar refractivity (Wildman–Crippen MR) is 77.6 cm³/mol. The molecule has 0 spiro atoms. The molecule has 0 aromatic carbocycles. The molecule has 0 aliphatic heterocycles. The molecule has 0 atom stereocenters. The van der Waals surface area contributed by atoms with E-state index in [9.17, 15) is 4.79 Å². The highest BCUT2D eigenvalue weighted by molar-refractivity contribution is 7.10. The number of hydrogen-bond acceptors (Lipinski definition) is 4. The molecule has 0 bridgehead atoms. The molecule has 4 nitrogen and oxygen atoms in total. The van der Waals surface area contributed by atoms with Gasteiger partial charge >= 0.3 is 0 Å². The number of pyridine rings is 1. The molecule has 98 valence electrons. The van der Waals surface area contributed by atoms with Crippen LogP contribution >= 0.6 is 11.3 Å². The van der Waals surface area contributed by atoms with E-state index >= 15 is 0 Å². The molecule has 2 aromatic heterocycles. The van der Waals surface area contributed by atoms with Gasteiger partial charge < -0.3 is 11.1 Å². The standard InChI is InChI=1S/C14H15N3OS/c15-13-6-5-9(7-16-13)17-14(18)11-8-19-12-4-2-1-3-10(11)12/h5-8H,1-4H2,(H2,15,16)(H,17,18). The first-order valence-electron chi connectivity index (χ1n) is 6.36. The third kappa shape index (κ3) is 2.46. The molecule has 2 heterocycles. The van der Waals surface area contributed by atoms with E-state index < -0.39 is 0 Å². The minimum Gasteiger partial charge on any atom is -0.384 e. The first kappa shape index (κ1) is 12.2. The smallest absolute Gasteiger partial charge is 0.256 e. The van der Waals surface area contributed by atoms with Crippen LogP contribution in [0.4, 0.5) is 11.5 Å². The Kier molecular flexibility index (Phi) is 3.21. The van der Waals surface area contributed by atoms with Gasteiger partial charge in [0.1, 0.15) is 5.82 Å². The summed E-state index contributed by atoms with van der Waals surface area (Å²) >= 11 is 1.70. The van der Waals surface area contributed by atoms with Gasteiger partial charge in [-0.05, 0) is 43.4 Å². The van der Waals surface area contributed by atoms with E-state index in [2.05, 4.69) is 10.3 Å². The number of fused-ring (bicyclic) bond motifs is 1. The van der Waals surface area contributed by atoms with Crippen molar-refractivity contribution in [2.45, 2.75) is 25.7 Å². The lowest BCUT2D eigenvalue weighted by Gasteiger charge is -2.12. The Morgan fingerprint density at radius 1 is 1.32 bits per heavy atom. The summed E-state index contributed by atoms with van der Waals surface area (Å²) in [7, 11) is 0. The highest BCUT2D eigenvalue weighted by Gasteiger charge is 2.20. The van der Waals surface area contributed by atoms with Crippen molar-refractivity contribution in [2.24, 2.45) is 0 Å². The zero-order valence-electron chi connectivity index (χ0n) is 10.5. The Morgan fingerprint density at radius 2 is 2.16 bits per heavy atom. The summed E-state index contributed by atoms with van der Waals surface area (Å²) in [5.41, 5.74) is 8.25. The van der Waals surface area contributed by atoms with Crippen LogP contribution in [0.3, 0.4) is 0 Å². The zero-order chi connectivity index (χ0) is 13.2. The first-order chi connectivity index (χ1) is 9.24. The summed E-state index contributed by atoms with van der Waals surface area (Å²) in [5, 5.41) is 4.84. The largest absolute Gasteiger partial charge is 0.384 e. The van der Waals surface area contributed by atoms with Crippen molar-refractivity contribution in [3.63, 3.8) is 0 Å². The van der Waals surface area contributed by atoms with Gasteiger partial charge in [0, 0.05) is 10.3 Å². The summed E-state index contributed by atoms with van der Waals surface area (Å²) in [4.78, 5) is 17.6. The number of aromatic nitrogens is 1. The van der Waals surface area contributed by atoms with Crippen molar-refractivity contribution in [3.8, 4) is 0 Å². The van der Waals surface area contributed by atoms with Crippen molar-refractivity contribution in [2.75, 3.05) is 11.1 Å². The van der Waals surface area contributed by atoms with Gasteiger partial charge in [-0.2, -0.15) is 0 Å². The Labute approximate surface area is 115 Å². The first-order valence-corrected chi connectivity index (χ1v) is 7.24. The van der Waals surface area contributed by atoms with Gasteiger partial charge in [-0.15, -0.1) is 11.3 Å². The van der Waals surface area contributed by atoms with Gasteiger partial charge in [0.05, 0.1) is 17.4 Å². The SMILES string of the molecule is Nc1ccc(NC(=O)c2csc3c2CCCC3)cn1. The Hall–Kier alpha value is -1.88. The van der Waals surface area contributed by atoms with E-state index in [1.54, 1.807) is 29.7 Å². The lowest BCUT2D eigenvalue weighted by atomic mass is 9.95. The maximum absolute atomic E-state index is 12.3. The quantitative estimate of drug-likeness (QED) is 0.884. The second-order valence-corrected chi connectivity index (χ2v) is 5.65. The lowest BCUT2D eigenvalue weighted by Crippen LogP contribution is -2.14. The van der Waals surface area contributed by atoms with Crippen LogP contribution < -0.4 is 11.1 Å². The molecule has 2 aromatic rings. The number of thiophene rings is 1. The van der Waals surface area contributed by atoms with Gasteiger partial charge in [0.25, 0.3) is 5.91 Å². The van der Waals surface area contributed by atoms with Crippen LogP contribution in [0.5, 0.6) is 0 Å². The molecule has 19 heavy (non-hydrogen) atoms. The monoisotopic (exact) mass is 273 g/mol. The van der Waals surface area contributed by atoms with Crippen LogP contribution in [0.2, 0.25) is 0 Å². The van der Waals surface area contributed by atoms with E-state index in [0.29, 0.717) is 11.5 Å². The van der Waals surface area contributed by atoms with Crippen LogP contribution in [0.15, 0.2) is 23.7 Å². The maximum atomic E-state index is 12.3. The molecule has 1 amide bonds. The molecule has 3 N–H and O–H groups in total. The second-order valence-electron chi connectivity index (χ2n) is 4.68. The number of nitrogen functional groups attached to an aromatic ring is 1. The Bertz CT molecular complexity index is 604. The summed E-state index contributed by atoms with van der Waals surface area (Å²) in [6.07, 6.45) is 6.11. The lowest BCUT2D eigenvalue weighted by molar-refractivity contribution is 0.102. The Balaban J connectivity index is 1.80.